The van der Waals surface area contributed by atoms with Crippen LogP contribution < -0.4 is 15.4 Å². The van der Waals surface area contributed by atoms with Crippen LogP contribution in [0.15, 0.2) is 30.3 Å². The number of ether oxygens (including phenoxy) is 1. The predicted molar refractivity (Wildman–Crippen MR) is 131 cm³/mol. The molecule has 9 heteroatoms. The molecule has 1 heterocycles. The minimum absolute atomic E-state index is 0.0842. The lowest BCUT2D eigenvalue weighted by Gasteiger charge is -2.41. The maximum atomic E-state index is 12.9. The number of nitrogens with one attached hydrogen (secondary N) is 3. The largest absolute Gasteiger partial charge is 0.442 e. The molecule has 0 spiro atoms. The Morgan fingerprint density at radius 3 is 2.56 bits per heavy atom. The van der Waals surface area contributed by atoms with Crippen molar-refractivity contribution < 1.29 is 23.9 Å². The zero-order valence-corrected chi connectivity index (χ0v) is 20.7. The van der Waals surface area contributed by atoms with Crippen molar-refractivity contribution in [2.45, 2.75) is 75.7 Å². The van der Waals surface area contributed by atoms with Crippen molar-refractivity contribution in [3.63, 3.8) is 0 Å². The van der Waals surface area contributed by atoms with Crippen molar-refractivity contribution in [3.05, 3.63) is 35.9 Å². The quantitative estimate of drug-likeness (QED) is 0.307. The predicted octanol–water partition coefficient (Wildman–Crippen LogP) is 3.15. The van der Waals surface area contributed by atoms with E-state index in [2.05, 4.69) is 15.4 Å². The Hall–Kier alpha value is -2.55. The second-order valence-electron chi connectivity index (χ2n) is 9.69. The van der Waals surface area contributed by atoms with Gasteiger partial charge in [0, 0.05) is 18.9 Å². The fraction of sp³-hybridized carbons (Fsp3) is 0.600. The first-order chi connectivity index (χ1) is 16.3. The van der Waals surface area contributed by atoms with Crippen molar-refractivity contribution in [1.82, 2.24) is 15.4 Å². The SMILES string of the molecule is CC(C)C[C@H](SNC(=O)OC1(Cc2ccccc2)CCC1)C(=O)N[C@H](C=O)C[C@@H]1CCNC1=O. The van der Waals surface area contributed by atoms with Crippen LogP contribution in [0, 0.1) is 11.8 Å². The van der Waals surface area contributed by atoms with Gasteiger partial charge in [0.2, 0.25) is 11.8 Å². The molecule has 8 nitrogen and oxygen atoms in total. The van der Waals surface area contributed by atoms with Gasteiger partial charge in [0.25, 0.3) is 0 Å². The third kappa shape index (κ3) is 7.48. The summed E-state index contributed by atoms with van der Waals surface area (Å²) in [6, 6.07) is 9.21. The summed E-state index contributed by atoms with van der Waals surface area (Å²) < 4.78 is 8.50. The van der Waals surface area contributed by atoms with Gasteiger partial charge < -0.3 is 20.2 Å². The Labute approximate surface area is 205 Å². The van der Waals surface area contributed by atoms with Crippen LogP contribution in [0.1, 0.15) is 57.9 Å². The summed E-state index contributed by atoms with van der Waals surface area (Å²) in [5.41, 5.74) is 0.613. The molecule has 0 bridgehead atoms. The maximum Gasteiger partial charge on any atom is 0.417 e. The van der Waals surface area contributed by atoms with Crippen molar-refractivity contribution in [2.75, 3.05) is 6.54 Å². The first-order valence-corrected chi connectivity index (χ1v) is 12.9. The van der Waals surface area contributed by atoms with E-state index in [9.17, 15) is 19.2 Å². The maximum absolute atomic E-state index is 12.9. The molecule has 1 aliphatic carbocycles. The Balaban J connectivity index is 1.53. The van der Waals surface area contributed by atoms with E-state index in [0.717, 1.165) is 36.8 Å². The van der Waals surface area contributed by atoms with Crippen LogP contribution in [-0.2, 0) is 25.5 Å². The summed E-state index contributed by atoms with van der Waals surface area (Å²) in [7, 11) is 0. The lowest BCUT2D eigenvalue weighted by molar-refractivity contribution is -0.126. The van der Waals surface area contributed by atoms with Gasteiger partial charge in [-0.15, -0.1) is 0 Å². The standard InChI is InChI=1S/C25H35N3O5S/c1-17(2)13-21(23(31)27-20(16-29)14-19-9-12-26-22(19)30)34-28-24(32)33-25(10-6-11-25)15-18-7-4-3-5-8-18/h3-5,7-8,16-17,19-21H,6,9-15H2,1-2H3,(H,26,30)(H,27,31)(H,28,32)/t19-,20-,21-/m0/s1. The molecule has 1 aliphatic heterocycles. The Morgan fingerprint density at radius 1 is 1.26 bits per heavy atom. The average molecular weight is 490 g/mol. The molecule has 2 aliphatic rings. The summed E-state index contributed by atoms with van der Waals surface area (Å²) in [5, 5.41) is 4.91. The first-order valence-electron chi connectivity index (χ1n) is 12.0. The average Bonchev–Trinajstić information content (AvgIpc) is 3.19. The van der Waals surface area contributed by atoms with Crippen molar-refractivity contribution in [3.8, 4) is 0 Å². The molecule has 3 N–H and O–H groups in total. The minimum atomic E-state index is -0.743. The summed E-state index contributed by atoms with van der Waals surface area (Å²) in [5.74, 6) is -0.494. The van der Waals surface area contributed by atoms with Gasteiger partial charge in [0.15, 0.2) is 0 Å². The third-order valence-corrected chi connectivity index (χ3v) is 7.37. The van der Waals surface area contributed by atoms with Gasteiger partial charge >= 0.3 is 6.09 Å². The van der Waals surface area contributed by atoms with E-state index in [0.29, 0.717) is 32.1 Å². The second-order valence-corrected chi connectivity index (χ2v) is 10.7. The van der Waals surface area contributed by atoms with E-state index >= 15 is 0 Å². The topological polar surface area (TPSA) is 114 Å². The Morgan fingerprint density at radius 2 is 2.00 bits per heavy atom. The van der Waals surface area contributed by atoms with Gasteiger partial charge in [-0.3, -0.25) is 14.3 Å². The molecule has 0 radical (unpaired) electrons. The van der Waals surface area contributed by atoms with E-state index in [1.165, 1.54) is 0 Å². The minimum Gasteiger partial charge on any atom is -0.442 e. The number of aldehydes is 1. The number of carbonyl (C=O) groups is 4. The highest BCUT2D eigenvalue weighted by atomic mass is 32.2. The number of carbonyl (C=O) groups excluding carboxylic acids is 4. The summed E-state index contributed by atoms with van der Waals surface area (Å²) in [6.07, 6.45) is 4.86. The summed E-state index contributed by atoms with van der Waals surface area (Å²) >= 11 is 1.01. The summed E-state index contributed by atoms with van der Waals surface area (Å²) in [4.78, 5) is 48.9. The normalized spacial score (nSPS) is 20.6. The number of amides is 3. The van der Waals surface area contributed by atoms with Crippen LogP contribution in [0.3, 0.4) is 0 Å². The van der Waals surface area contributed by atoms with Crippen LogP contribution in [0.4, 0.5) is 4.79 Å². The monoisotopic (exact) mass is 489 g/mol. The van der Waals surface area contributed by atoms with Gasteiger partial charge in [-0.2, -0.15) is 0 Å². The highest BCUT2D eigenvalue weighted by Gasteiger charge is 2.41. The molecule has 1 aromatic rings. The van der Waals surface area contributed by atoms with Crippen LogP contribution in [0.25, 0.3) is 0 Å². The lowest BCUT2D eigenvalue weighted by atomic mass is 9.76. The van der Waals surface area contributed by atoms with Gasteiger partial charge in [0.05, 0.1) is 6.04 Å². The highest BCUT2D eigenvalue weighted by Crippen LogP contribution is 2.39. The number of rotatable bonds is 12. The van der Waals surface area contributed by atoms with Crippen molar-refractivity contribution >= 4 is 36.1 Å². The molecule has 0 aromatic heterocycles. The molecular formula is C25H35N3O5S. The molecule has 1 saturated carbocycles. The first kappa shape index (κ1) is 26.1. The molecule has 34 heavy (non-hydrogen) atoms. The zero-order chi connectivity index (χ0) is 24.6. The Bertz CT molecular complexity index is 859. The van der Waals surface area contributed by atoms with Gasteiger partial charge in [0.1, 0.15) is 17.1 Å². The second kappa shape index (κ2) is 12.2. The van der Waals surface area contributed by atoms with E-state index in [4.69, 9.17) is 4.74 Å². The van der Waals surface area contributed by atoms with Crippen LogP contribution in [0.5, 0.6) is 0 Å². The molecule has 186 valence electrons. The van der Waals surface area contributed by atoms with Crippen molar-refractivity contribution in [1.29, 1.82) is 0 Å². The molecule has 2 fully saturated rings. The van der Waals surface area contributed by atoms with Crippen LogP contribution >= 0.6 is 11.9 Å². The molecular weight excluding hydrogens is 454 g/mol. The fourth-order valence-corrected chi connectivity index (χ4v) is 5.36. The highest BCUT2D eigenvalue weighted by molar-refractivity contribution is 7.99. The summed E-state index contributed by atoms with van der Waals surface area (Å²) in [6.45, 7) is 4.57. The van der Waals surface area contributed by atoms with E-state index in [1.54, 1.807) is 0 Å². The molecule has 0 unspecified atom stereocenters. The van der Waals surface area contributed by atoms with E-state index in [-0.39, 0.29) is 30.1 Å². The molecule has 3 amide bonds. The molecule has 3 atom stereocenters. The van der Waals surface area contributed by atoms with Gasteiger partial charge in [-0.25, -0.2) is 4.79 Å². The molecule has 1 aromatic carbocycles. The van der Waals surface area contributed by atoms with Gasteiger partial charge in [-0.05, 0) is 62.0 Å². The fourth-order valence-electron chi connectivity index (χ4n) is 4.43. The van der Waals surface area contributed by atoms with Gasteiger partial charge in [-0.1, -0.05) is 44.2 Å². The lowest BCUT2D eigenvalue weighted by Crippen LogP contribution is -2.47. The number of benzene rings is 1. The number of hydrogen-bond donors (Lipinski definition) is 3. The zero-order valence-electron chi connectivity index (χ0n) is 19.9. The number of hydrogen-bond acceptors (Lipinski definition) is 6. The van der Waals surface area contributed by atoms with Crippen LogP contribution in [0.2, 0.25) is 0 Å². The van der Waals surface area contributed by atoms with Crippen LogP contribution in [-0.4, -0.2) is 47.6 Å². The third-order valence-electron chi connectivity index (χ3n) is 6.40. The molecule has 3 rings (SSSR count). The van der Waals surface area contributed by atoms with E-state index in [1.807, 2.05) is 44.2 Å². The van der Waals surface area contributed by atoms with E-state index < -0.39 is 23.0 Å². The molecule has 1 saturated heterocycles. The smallest absolute Gasteiger partial charge is 0.417 e. The Kier molecular flexibility index (Phi) is 9.38. The van der Waals surface area contributed by atoms with Crippen molar-refractivity contribution in [2.24, 2.45) is 11.8 Å².